The molecule has 6 nitrogen and oxygen atoms in total. The van der Waals surface area contributed by atoms with E-state index in [2.05, 4.69) is 32.0 Å². The number of halogens is 2. The third kappa shape index (κ3) is 4.90. The Morgan fingerprint density at radius 1 is 1.11 bits per heavy atom. The first-order valence-electron chi connectivity index (χ1n) is 12.0. The van der Waals surface area contributed by atoms with Gasteiger partial charge < -0.3 is 5.32 Å². The number of hydrogen-bond donors (Lipinski definition) is 2. The highest BCUT2D eigenvalue weighted by atomic mass is 19.1. The third-order valence-electron chi connectivity index (χ3n) is 6.49. The summed E-state index contributed by atoms with van der Waals surface area (Å²) in [6.07, 6.45) is 4.59. The predicted molar refractivity (Wildman–Crippen MR) is 137 cm³/mol. The Bertz CT molecular complexity index is 1440. The molecule has 2 N–H and O–H groups in total. The number of aromatic nitrogens is 3. The minimum Gasteiger partial charge on any atom is -0.305 e. The molecule has 0 spiro atoms. The van der Waals surface area contributed by atoms with Crippen LogP contribution < -0.4 is 5.32 Å². The Balaban J connectivity index is 1.52. The summed E-state index contributed by atoms with van der Waals surface area (Å²) in [5.74, 6) is -1.07. The summed E-state index contributed by atoms with van der Waals surface area (Å²) >= 11 is 0. The summed E-state index contributed by atoms with van der Waals surface area (Å²) in [6, 6.07) is 11.8. The van der Waals surface area contributed by atoms with E-state index in [4.69, 9.17) is 0 Å². The SMILES string of the molecule is C=C(C)c1c(F)cc(CN2CCCCC2)cc1-c1ccc2[nH]nc(C(=O)Nc3ccc(F)cn3)c2c1. The van der Waals surface area contributed by atoms with E-state index >= 15 is 4.39 Å². The van der Waals surface area contributed by atoms with Crippen molar-refractivity contribution in [2.24, 2.45) is 0 Å². The molecule has 0 saturated carbocycles. The van der Waals surface area contributed by atoms with E-state index < -0.39 is 11.7 Å². The summed E-state index contributed by atoms with van der Waals surface area (Å²) < 4.78 is 28.5. The topological polar surface area (TPSA) is 73.9 Å². The standard InChI is InChI=1S/C28H27F2N5O/c1-17(2)26-21(12-18(13-23(26)30)16-35-10-4-3-5-11-35)19-6-8-24-22(14-19)27(34-33-24)28(36)32-25-9-7-20(29)15-31-25/h6-9,12-15H,1,3-5,10-11,16H2,2H3,(H,33,34)(H,31,32,36). The average molecular weight is 488 g/mol. The van der Waals surface area contributed by atoms with Gasteiger partial charge in [-0.1, -0.05) is 19.1 Å². The maximum absolute atomic E-state index is 15.3. The van der Waals surface area contributed by atoms with Crippen LogP contribution in [0, 0.1) is 11.6 Å². The molecule has 4 aromatic rings. The second kappa shape index (κ2) is 9.99. The van der Waals surface area contributed by atoms with Gasteiger partial charge in [-0.05, 0) is 91.5 Å². The number of aromatic amines is 1. The number of piperidine rings is 1. The molecule has 3 heterocycles. The summed E-state index contributed by atoms with van der Waals surface area (Å²) in [5, 5.41) is 10.3. The van der Waals surface area contributed by atoms with Gasteiger partial charge in [0.1, 0.15) is 17.5 Å². The molecule has 2 aromatic carbocycles. The molecule has 0 radical (unpaired) electrons. The molecule has 0 unspecified atom stereocenters. The van der Waals surface area contributed by atoms with Crippen LogP contribution in [0.2, 0.25) is 0 Å². The number of fused-ring (bicyclic) bond motifs is 1. The minimum absolute atomic E-state index is 0.166. The number of hydrogen-bond acceptors (Lipinski definition) is 4. The van der Waals surface area contributed by atoms with Crippen LogP contribution in [0.5, 0.6) is 0 Å². The Morgan fingerprint density at radius 2 is 1.92 bits per heavy atom. The lowest BCUT2D eigenvalue weighted by Gasteiger charge is -2.27. The highest BCUT2D eigenvalue weighted by Gasteiger charge is 2.19. The van der Waals surface area contributed by atoms with Gasteiger partial charge in [0.25, 0.3) is 5.91 Å². The van der Waals surface area contributed by atoms with E-state index in [1.807, 2.05) is 24.3 Å². The van der Waals surface area contributed by atoms with Gasteiger partial charge in [-0.15, -0.1) is 0 Å². The fourth-order valence-corrected chi connectivity index (χ4v) is 4.77. The molecule has 1 fully saturated rings. The molecule has 8 heteroatoms. The summed E-state index contributed by atoms with van der Waals surface area (Å²) in [6.45, 7) is 8.51. The molecule has 5 rings (SSSR count). The van der Waals surface area contributed by atoms with Crippen molar-refractivity contribution in [1.82, 2.24) is 20.1 Å². The van der Waals surface area contributed by atoms with Crippen molar-refractivity contribution in [3.63, 3.8) is 0 Å². The molecule has 1 aliphatic rings. The summed E-state index contributed by atoms with van der Waals surface area (Å²) in [7, 11) is 0. The molecule has 1 amide bonds. The maximum Gasteiger partial charge on any atom is 0.277 e. The molecule has 0 bridgehead atoms. The first-order valence-corrected chi connectivity index (χ1v) is 12.0. The molecule has 1 saturated heterocycles. The van der Waals surface area contributed by atoms with E-state index in [0.29, 0.717) is 28.6 Å². The predicted octanol–water partition coefficient (Wildman–Crippen LogP) is 6.17. The number of nitrogens with zero attached hydrogens (tertiary/aromatic N) is 3. The number of allylic oxidation sites excluding steroid dienone is 1. The van der Waals surface area contributed by atoms with E-state index in [0.717, 1.165) is 48.8 Å². The Kier molecular flexibility index (Phi) is 6.61. The number of carbonyl (C=O) groups is 1. The van der Waals surface area contributed by atoms with Crippen LogP contribution in [-0.4, -0.2) is 39.1 Å². The summed E-state index contributed by atoms with van der Waals surface area (Å²) in [4.78, 5) is 19.1. The zero-order valence-electron chi connectivity index (χ0n) is 20.1. The minimum atomic E-state index is -0.495. The third-order valence-corrected chi connectivity index (χ3v) is 6.49. The normalized spacial score (nSPS) is 14.2. The zero-order chi connectivity index (χ0) is 25.2. The lowest BCUT2D eigenvalue weighted by molar-refractivity contribution is 0.102. The van der Waals surface area contributed by atoms with Crippen molar-refractivity contribution < 1.29 is 13.6 Å². The van der Waals surface area contributed by atoms with Crippen molar-refractivity contribution in [2.75, 3.05) is 18.4 Å². The van der Waals surface area contributed by atoms with Crippen LogP contribution in [-0.2, 0) is 6.54 Å². The van der Waals surface area contributed by atoms with Gasteiger partial charge in [-0.3, -0.25) is 14.8 Å². The van der Waals surface area contributed by atoms with Crippen LogP contribution in [0.3, 0.4) is 0 Å². The number of nitrogens with one attached hydrogen (secondary N) is 2. The number of H-pyrrole nitrogens is 1. The Hall–Kier alpha value is -3.91. The van der Waals surface area contributed by atoms with Crippen molar-refractivity contribution in [1.29, 1.82) is 0 Å². The van der Waals surface area contributed by atoms with Gasteiger partial charge in [0.05, 0.1) is 11.7 Å². The number of amides is 1. The highest BCUT2D eigenvalue weighted by Crippen LogP contribution is 2.34. The molecule has 36 heavy (non-hydrogen) atoms. The van der Waals surface area contributed by atoms with E-state index in [1.165, 1.54) is 18.6 Å². The van der Waals surface area contributed by atoms with Gasteiger partial charge in [0.15, 0.2) is 5.69 Å². The van der Waals surface area contributed by atoms with E-state index in [1.54, 1.807) is 13.0 Å². The molecular formula is C28H27F2N5O. The average Bonchev–Trinajstić information content (AvgIpc) is 3.29. The Labute approximate surface area is 208 Å². The number of anilines is 1. The number of benzene rings is 2. The smallest absolute Gasteiger partial charge is 0.277 e. The molecule has 184 valence electrons. The molecule has 2 aromatic heterocycles. The molecule has 1 aliphatic heterocycles. The quantitative estimate of drug-likeness (QED) is 0.341. The lowest BCUT2D eigenvalue weighted by atomic mass is 9.92. The van der Waals surface area contributed by atoms with Gasteiger partial charge >= 0.3 is 0 Å². The first kappa shape index (κ1) is 23.8. The fourth-order valence-electron chi connectivity index (χ4n) is 4.77. The van der Waals surface area contributed by atoms with Crippen molar-refractivity contribution in [3.05, 3.63) is 83.7 Å². The Morgan fingerprint density at radius 3 is 2.64 bits per heavy atom. The van der Waals surface area contributed by atoms with Gasteiger partial charge in [0.2, 0.25) is 0 Å². The van der Waals surface area contributed by atoms with Crippen molar-refractivity contribution in [3.8, 4) is 11.1 Å². The number of pyridine rings is 1. The molecule has 0 aliphatic carbocycles. The number of likely N-dealkylation sites (tertiary alicyclic amines) is 1. The van der Waals surface area contributed by atoms with Crippen LogP contribution in [0.15, 0.2) is 55.2 Å². The second-order valence-corrected chi connectivity index (χ2v) is 9.27. The first-order chi connectivity index (χ1) is 17.4. The molecular weight excluding hydrogens is 460 g/mol. The van der Waals surface area contributed by atoms with Gasteiger partial charge in [-0.2, -0.15) is 5.10 Å². The fraction of sp³-hybridized carbons (Fsp3) is 0.250. The van der Waals surface area contributed by atoms with Crippen LogP contribution in [0.1, 0.15) is 47.8 Å². The van der Waals surface area contributed by atoms with Crippen LogP contribution in [0.4, 0.5) is 14.6 Å². The van der Waals surface area contributed by atoms with E-state index in [-0.39, 0.29) is 17.3 Å². The van der Waals surface area contributed by atoms with Crippen LogP contribution >= 0.6 is 0 Å². The zero-order valence-corrected chi connectivity index (χ0v) is 20.1. The van der Waals surface area contributed by atoms with Crippen molar-refractivity contribution >= 4 is 28.2 Å². The van der Waals surface area contributed by atoms with Gasteiger partial charge in [-0.25, -0.2) is 13.8 Å². The van der Waals surface area contributed by atoms with Crippen molar-refractivity contribution in [2.45, 2.75) is 32.7 Å². The van der Waals surface area contributed by atoms with Gasteiger partial charge in [0, 0.05) is 17.5 Å². The van der Waals surface area contributed by atoms with Crippen LogP contribution in [0.25, 0.3) is 27.6 Å². The number of rotatable bonds is 6. The highest BCUT2D eigenvalue weighted by molar-refractivity contribution is 6.11. The molecule has 0 atom stereocenters. The lowest BCUT2D eigenvalue weighted by Crippen LogP contribution is -2.29. The second-order valence-electron chi connectivity index (χ2n) is 9.27. The van der Waals surface area contributed by atoms with E-state index in [9.17, 15) is 9.18 Å². The summed E-state index contributed by atoms with van der Waals surface area (Å²) in [5.41, 5.74) is 4.31. The number of carbonyl (C=O) groups excluding carboxylic acids is 1. The monoisotopic (exact) mass is 487 g/mol. The largest absolute Gasteiger partial charge is 0.305 e. The maximum atomic E-state index is 15.3.